The minimum atomic E-state index is -3.41. The van der Waals surface area contributed by atoms with Gasteiger partial charge in [-0.05, 0) is 34.5 Å². The molecular weight excluding hydrogens is 396 g/mol. The topological polar surface area (TPSA) is 57.7 Å². The van der Waals surface area contributed by atoms with Crippen LogP contribution in [0.1, 0.15) is 21.5 Å². The van der Waals surface area contributed by atoms with E-state index in [4.69, 9.17) is 0 Å². The van der Waals surface area contributed by atoms with Crippen molar-refractivity contribution in [2.24, 2.45) is 0 Å². The molecular formula is C24H22N2O3S. The Morgan fingerprint density at radius 1 is 0.867 bits per heavy atom. The van der Waals surface area contributed by atoms with Crippen LogP contribution in [0.25, 0.3) is 16.8 Å². The Morgan fingerprint density at radius 2 is 1.60 bits per heavy atom. The van der Waals surface area contributed by atoms with Crippen LogP contribution in [0, 0.1) is 0 Å². The Kier molecular flexibility index (Phi) is 4.68. The summed E-state index contributed by atoms with van der Waals surface area (Å²) >= 11 is 0. The molecule has 0 N–H and O–H groups in total. The highest BCUT2D eigenvalue weighted by Gasteiger charge is 2.28. The van der Waals surface area contributed by atoms with Crippen molar-refractivity contribution in [2.75, 3.05) is 26.2 Å². The molecule has 3 aromatic carbocycles. The fraction of sp³-hybridized carbons (Fsp3) is 0.208. The van der Waals surface area contributed by atoms with Gasteiger partial charge in [-0.25, -0.2) is 8.42 Å². The van der Waals surface area contributed by atoms with Crippen LogP contribution in [0.2, 0.25) is 0 Å². The fourth-order valence-electron chi connectivity index (χ4n) is 4.33. The highest BCUT2D eigenvalue weighted by Crippen LogP contribution is 2.30. The lowest BCUT2D eigenvalue weighted by atomic mass is 10.0. The second-order valence-corrected chi connectivity index (χ2v) is 9.57. The molecule has 0 spiro atoms. The summed E-state index contributed by atoms with van der Waals surface area (Å²) in [4.78, 5) is 17.5. The first-order chi connectivity index (χ1) is 14.5. The zero-order valence-electron chi connectivity index (χ0n) is 16.5. The lowest BCUT2D eigenvalue weighted by Crippen LogP contribution is -2.48. The van der Waals surface area contributed by atoms with Gasteiger partial charge < -0.3 is 4.90 Å². The number of piperazine rings is 1. The molecule has 30 heavy (non-hydrogen) atoms. The van der Waals surface area contributed by atoms with Gasteiger partial charge in [0.1, 0.15) is 0 Å². The molecule has 1 saturated heterocycles. The molecule has 6 heteroatoms. The number of nitrogens with zero attached hydrogens (tertiary/aromatic N) is 2. The zero-order chi connectivity index (χ0) is 20.7. The largest absolute Gasteiger partial charge is 0.336 e. The van der Waals surface area contributed by atoms with Gasteiger partial charge in [-0.2, -0.15) is 0 Å². The summed E-state index contributed by atoms with van der Waals surface area (Å²) in [6.07, 6.45) is 1.54. The van der Waals surface area contributed by atoms with Crippen LogP contribution in [0.3, 0.4) is 0 Å². The molecule has 0 atom stereocenters. The smallest absolute Gasteiger partial charge is 0.254 e. The van der Waals surface area contributed by atoms with Crippen molar-refractivity contribution in [1.29, 1.82) is 0 Å². The lowest BCUT2D eigenvalue weighted by Gasteiger charge is -2.35. The normalized spacial score (nSPS) is 17.9. The SMILES string of the molecule is O=C(c1cccc2c1C=CS2(=O)=O)N1CCN(Cc2cccc3ccccc23)CC1. The number of sulfone groups is 1. The van der Waals surface area contributed by atoms with Crippen LogP contribution in [-0.4, -0.2) is 50.3 Å². The Morgan fingerprint density at radius 3 is 2.43 bits per heavy atom. The van der Waals surface area contributed by atoms with Gasteiger partial charge in [0.15, 0.2) is 9.84 Å². The molecule has 5 nitrogen and oxygen atoms in total. The van der Waals surface area contributed by atoms with Gasteiger partial charge in [-0.1, -0.05) is 48.5 Å². The van der Waals surface area contributed by atoms with Crippen LogP contribution in [0.4, 0.5) is 0 Å². The summed E-state index contributed by atoms with van der Waals surface area (Å²) in [5, 5.41) is 3.69. The van der Waals surface area contributed by atoms with E-state index in [-0.39, 0.29) is 10.8 Å². The highest BCUT2D eigenvalue weighted by atomic mass is 32.2. The second kappa shape index (κ2) is 7.38. The molecule has 152 valence electrons. The highest BCUT2D eigenvalue weighted by molar-refractivity contribution is 7.94. The minimum absolute atomic E-state index is 0.0987. The molecule has 0 aliphatic carbocycles. The van der Waals surface area contributed by atoms with Gasteiger partial charge in [-0.3, -0.25) is 9.69 Å². The predicted octanol–water partition coefficient (Wildman–Crippen LogP) is 3.56. The molecule has 0 unspecified atom stereocenters. The molecule has 0 aromatic heterocycles. The van der Waals surface area contributed by atoms with Crippen LogP contribution in [0.15, 0.2) is 71.0 Å². The van der Waals surface area contributed by atoms with E-state index in [0.29, 0.717) is 24.2 Å². The van der Waals surface area contributed by atoms with E-state index in [1.54, 1.807) is 18.2 Å². The summed E-state index contributed by atoms with van der Waals surface area (Å²) in [5.74, 6) is -0.0987. The van der Waals surface area contributed by atoms with Crippen molar-refractivity contribution in [2.45, 2.75) is 11.4 Å². The second-order valence-electron chi connectivity index (χ2n) is 7.77. The van der Waals surface area contributed by atoms with Gasteiger partial charge in [0.05, 0.1) is 4.90 Å². The molecule has 1 amide bonds. The molecule has 0 saturated carbocycles. The molecule has 0 bridgehead atoms. The Hall–Kier alpha value is -2.96. The van der Waals surface area contributed by atoms with Crippen LogP contribution in [0.5, 0.6) is 0 Å². The van der Waals surface area contributed by atoms with E-state index in [1.165, 1.54) is 27.8 Å². The third-order valence-electron chi connectivity index (χ3n) is 5.95. The third kappa shape index (κ3) is 3.32. The van der Waals surface area contributed by atoms with E-state index in [1.807, 2.05) is 4.90 Å². The van der Waals surface area contributed by atoms with E-state index < -0.39 is 9.84 Å². The number of fused-ring (bicyclic) bond motifs is 2. The van der Waals surface area contributed by atoms with Gasteiger partial charge >= 0.3 is 0 Å². The van der Waals surface area contributed by atoms with Gasteiger partial charge in [0.2, 0.25) is 0 Å². The summed E-state index contributed by atoms with van der Waals surface area (Å²) in [7, 11) is -3.41. The number of benzene rings is 3. The molecule has 5 rings (SSSR count). The average Bonchev–Trinajstić information content (AvgIpc) is 3.09. The summed E-state index contributed by atoms with van der Waals surface area (Å²) in [6, 6.07) is 19.7. The molecule has 3 aromatic rings. The number of hydrogen-bond acceptors (Lipinski definition) is 4. The third-order valence-corrected chi connectivity index (χ3v) is 7.41. The first-order valence-electron chi connectivity index (χ1n) is 10.1. The lowest BCUT2D eigenvalue weighted by molar-refractivity contribution is 0.0628. The predicted molar refractivity (Wildman–Crippen MR) is 118 cm³/mol. The summed E-state index contributed by atoms with van der Waals surface area (Å²) in [6.45, 7) is 3.69. The minimum Gasteiger partial charge on any atom is -0.336 e. The number of hydrogen-bond donors (Lipinski definition) is 0. The Labute approximate surface area is 176 Å². The van der Waals surface area contributed by atoms with Gasteiger partial charge in [0, 0.05) is 49.3 Å². The standard InChI is InChI=1S/C24H22N2O3S/c27-24(22-9-4-10-23-21(22)11-16-30(23,28)29)26-14-12-25(13-15-26)17-19-7-3-6-18-5-1-2-8-20(18)19/h1-11,16H,12-15,17H2. The fourth-order valence-corrected chi connectivity index (χ4v) is 5.55. The first kappa shape index (κ1) is 19.0. The van der Waals surface area contributed by atoms with E-state index in [9.17, 15) is 13.2 Å². The van der Waals surface area contributed by atoms with E-state index >= 15 is 0 Å². The van der Waals surface area contributed by atoms with Crippen molar-refractivity contribution in [3.63, 3.8) is 0 Å². The zero-order valence-corrected chi connectivity index (χ0v) is 17.3. The number of carbonyl (C=O) groups is 1. The summed E-state index contributed by atoms with van der Waals surface area (Å²) in [5.41, 5.74) is 2.28. The van der Waals surface area contributed by atoms with Crippen molar-refractivity contribution in [3.05, 3.63) is 82.8 Å². The maximum absolute atomic E-state index is 13.1. The quantitative estimate of drug-likeness (QED) is 0.653. The van der Waals surface area contributed by atoms with E-state index in [2.05, 4.69) is 47.4 Å². The van der Waals surface area contributed by atoms with Gasteiger partial charge in [-0.15, -0.1) is 0 Å². The van der Waals surface area contributed by atoms with Crippen molar-refractivity contribution >= 4 is 32.6 Å². The monoisotopic (exact) mass is 418 g/mol. The maximum atomic E-state index is 13.1. The van der Waals surface area contributed by atoms with Crippen molar-refractivity contribution in [1.82, 2.24) is 9.80 Å². The first-order valence-corrected chi connectivity index (χ1v) is 11.6. The molecule has 2 aliphatic heterocycles. The Balaban J connectivity index is 1.29. The summed E-state index contributed by atoms with van der Waals surface area (Å²) < 4.78 is 24.2. The molecule has 2 aliphatic rings. The number of carbonyl (C=O) groups excluding carboxylic acids is 1. The van der Waals surface area contributed by atoms with Crippen LogP contribution < -0.4 is 0 Å². The van der Waals surface area contributed by atoms with Crippen molar-refractivity contribution in [3.8, 4) is 0 Å². The number of amides is 1. The van der Waals surface area contributed by atoms with E-state index in [0.717, 1.165) is 19.6 Å². The average molecular weight is 419 g/mol. The van der Waals surface area contributed by atoms with Crippen molar-refractivity contribution < 1.29 is 13.2 Å². The van der Waals surface area contributed by atoms with Crippen LogP contribution >= 0.6 is 0 Å². The maximum Gasteiger partial charge on any atom is 0.254 e. The molecule has 0 radical (unpaired) electrons. The molecule has 1 fully saturated rings. The molecule has 2 heterocycles. The van der Waals surface area contributed by atoms with Crippen LogP contribution in [-0.2, 0) is 16.4 Å². The number of rotatable bonds is 3. The van der Waals surface area contributed by atoms with Gasteiger partial charge in [0.25, 0.3) is 5.91 Å². The Bertz CT molecular complexity index is 1270.